The summed E-state index contributed by atoms with van der Waals surface area (Å²) in [7, 11) is -0.668. The number of likely N-dealkylation sites (N-methyl/N-ethyl adjacent to an activating group) is 1. The highest BCUT2D eigenvalue weighted by molar-refractivity contribution is 7.89. The van der Waals surface area contributed by atoms with Gasteiger partial charge in [0.2, 0.25) is 15.9 Å². The standard InChI is InChI=1S/C20H26N2O3S/c1-13-12-14(2)16(4)19(15(13)3)26(24,25)21-18(20(23)22(5)6)17-10-8-7-9-11-17/h7-12,18,21H,1-6H3/t18-/m0/s1. The Hall–Kier alpha value is -2.18. The van der Waals surface area contributed by atoms with E-state index in [2.05, 4.69) is 4.72 Å². The van der Waals surface area contributed by atoms with Crippen LogP contribution in [0.15, 0.2) is 41.3 Å². The zero-order valence-corrected chi connectivity index (χ0v) is 16.9. The Morgan fingerprint density at radius 2 is 1.46 bits per heavy atom. The van der Waals surface area contributed by atoms with Gasteiger partial charge in [0, 0.05) is 14.1 Å². The summed E-state index contributed by atoms with van der Waals surface area (Å²) in [6.07, 6.45) is 0. The predicted molar refractivity (Wildman–Crippen MR) is 104 cm³/mol. The third-order valence-corrected chi connectivity index (χ3v) is 6.36. The maximum Gasteiger partial charge on any atom is 0.244 e. The van der Waals surface area contributed by atoms with Gasteiger partial charge >= 0.3 is 0 Å². The molecule has 0 spiro atoms. The zero-order chi connectivity index (χ0) is 19.6. The SMILES string of the molecule is Cc1cc(C)c(C)c(S(=O)(=O)N[C@H](C(=O)N(C)C)c2ccccc2)c1C. The van der Waals surface area contributed by atoms with Crippen LogP contribution in [0, 0.1) is 27.7 Å². The molecule has 1 atom stereocenters. The highest BCUT2D eigenvalue weighted by Crippen LogP contribution is 2.28. The van der Waals surface area contributed by atoms with E-state index in [4.69, 9.17) is 0 Å². The average Bonchev–Trinajstić information content (AvgIpc) is 2.58. The second-order valence-electron chi connectivity index (χ2n) is 6.79. The topological polar surface area (TPSA) is 66.5 Å². The number of hydrogen-bond acceptors (Lipinski definition) is 3. The Morgan fingerprint density at radius 3 is 1.92 bits per heavy atom. The molecule has 6 heteroatoms. The van der Waals surface area contributed by atoms with Gasteiger partial charge in [0.1, 0.15) is 6.04 Å². The summed E-state index contributed by atoms with van der Waals surface area (Å²) in [5.41, 5.74) is 3.82. The van der Waals surface area contributed by atoms with Crippen molar-refractivity contribution < 1.29 is 13.2 Å². The summed E-state index contributed by atoms with van der Waals surface area (Å²) in [6, 6.07) is 9.89. The van der Waals surface area contributed by atoms with Gasteiger partial charge in [-0.05, 0) is 55.5 Å². The van der Waals surface area contributed by atoms with Gasteiger partial charge in [-0.25, -0.2) is 8.42 Å². The van der Waals surface area contributed by atoms with Gasteiger partial charge in [-0.2, -0.15) is 4.72 Å². The fraction of sp³-hybridized carbons (Fsp3) is 0.350. The van der Waals surface area contributed by atoms with Crippen molar-refractivity contribution in [1.29, 1.82) is 0 Å². The van der Waals surface area contributed by atoms with Crippen molar-refractivity contribution in [3.05, 3.63) is 64.2 Å². The average molecular weight is 375 g/mol. The minimum atomic E-state index is -3.89. The molecule has 2 aromatic carbocycles. The van der Waals surface area contributed by atoms with Gasteiger partial charge in [-0.3, -0.25) is 4.79 Å². The van der Waals surface area contributed by atoms with Crippen molar-refractivity contribution in [1.82, 2.24) is 9.62 Å². The number of nitrogens with one attached hydrogen (secondary N) is 1. The Labute approximate surface area is 156 Å². The van der Waals surface area contributed by atoms with E-state index in [-0.39, 0.29) is 10.8 Å². The number of aryl methyl sites for hydroxylation is 2. The van der Waals surface area contributed by atoms with Crippen LogP contribution in [-0.4, -0.2) is 33.3 Å². The smallest absolute Gasteiger partial charge is 0.244 e. The molecular formula is C20H26N2O3S. The van der Waals surface area contributed by atoms with Crippen LogP contribution in [0.5, 0.6) is 0 Å². The molecule has 0 heterocycles. The van der Waals surface area contributed by atoms with Gasteiger partial charge < -0.3 is 4.90 Å². The lowest BCUT2D eigenvalue weighted by Gasteiger charge is -2.24. The molecule has 26 heavy (non-hydrogen) atoms. The Balaban J connectivity index is 2.57. The van der Waals surface area contributed by atoms with E-state index in [0.29, 0.717) is 16.7 Å². The molecular weight excluding hydrogens is 348 g/mol. The van der Waals surface area contributed by atoms with Crippen LogP contribution < -0.4 is 4.72 Å². The number of carbonyl (C=O) groups is 1. The molecule has 0 fully saturated rings. The number of carbonyl (C=O) groups excluding carboxylic acids is 1. The molecule has 1 amide bonds. The molecule has 1 N–H and O–H groups in total. The van der Waals surface area contributed by atoms with E-state index in [1.807, 2.05) is 26.0 Å². The molecule has 0 saturated heterocycles. The van der Waals surface area contributed by atoms with Crippen molar-refractivity contribution >= 4 is 15.9 Å². The van der Waals surface area contributed by atoms with Crippen LogP contribution in [0.3, 0.4) is 0 Å². The quantitative estimate of drug-likeness (QED) is 0.875. The highest BCUT2D eigenvalue weighted by atomic mass is 32.2. The van der Waals surface area contributed by atoms with E-state index in [9.17, 15) is 13.2 Å². The number of nitrogens with zero attached hydrogens (tertiary/aromatic N) is 1. The monoisotopic (exact) mass is 374 g/mol. The van der Waals surface area contributed by atoms with Crippen molar-refractivity contribution in [2.24, 2.45) is 0 Å². The summed E-state index contributed by atoms with van der Waals surface area (Å²) < 4.78 is 29.0. The van der Waals surface area contributed by atoms with E-state index >= 15 is 0 Å². The largest absolute Gasteiger partial charge is 0.347 e. The van der Waals surface area contributed by atoms with Gasteiger partial charge in [0.05, 0.1) is 4.90 Å². The van der Waals surface area contributed by atoms with Crippen molar-refractivity contribution in [2.45, 2.75) is 38.6 Å². The summed E-state index contributed by atoms with van der Waals surface area (Å²) in [4.78, 5) is 14.3. The summed E-state index contributed by atoms with van der Waals surface area (Å²) >= 11 is 0. The molecule has 0 aromatic heterocycles. The fourth-order valence-electron chi connectivity index (χ4n) is 2.96. The zero-order valence-electron chi connectivity index (χ0n) is 16.1. The fourth-order valence-corrected chi connectivity index (χ4v) is 4.76. The number of amides is 1. The molecule has 2 rings (SSSR count). The van der Waals surface area contributed by atoms with Crippen molar-refractivity contribution in [2.75, 3.05) is 14.1 Å². The van der Waals surface area contributed by atoms with Crippen LogP contribution >= 0.6 is 0 Å². The minimum Gasteiger partial charge on any atom is -0.347 e. The second kappa shape index (κ2) is 7.60. The molecule has 0 unspecified atom stereocenters. The van der Waals surface area contributed by atoms with E-state index in [1.54, 1.807) is 52.2 Å². The maximum absolute atomic E-state index is 13.2. The number of rotatable bonds is 5. The predicted octanol–water partition coefficient (Wildman–Crippen LogP) is 3.03. The lowest BCUT2D eigenvalue weighted by Crippen LogP contribution is -2.40. The first-order valence-corrected chi connectivity index (χ1v) is 9.90. The van der Waals surface area contributed by atoms with Crippen LogP contribution in [0.1, 0.15) is 33.9 Å². The molecule has 0 bridgehead atoms. The second-order valence-corrected chi connectivity index (χ2v) is 8.44. The molecule has 2 aromatic rings. The van der Waals surface area contributed by atoms with E-state index in [1.165, 1.54) is 4.90 Å². The van der Waals surface area contributed by atoms with Gasteiger partial charge in [-0.1, -0.05) is 36.4 Å². The normalized spacial score (nSPS) is 12.7. The van der Waals surface area contributed by atoms with E-state index in [0.717, 1.165) is 11.1 Å². The summed E-state index contributed by atoms with van der Waals surface area (Å²) in [5, 5.41) is 0. The van der Waals surface area contributed by atoms with Crippen molar-refractivity contribution in [3.63, 3.8) is 0 Å². The van der Waals surface area contributed by atoms with Crippen LogP contribution in [0.4, 0.5) is 0 Å². The first kappa shape index (κ1) is 20.1. The first-order valence-electron chi connectivity index (χ1n) is 8.42. The summed E-state index contributed by atoms with van der Waals surface area (Å²) in [5.74, 6) is -0.320. The molecule has 5 nitrogen and oxygen atoms in total. The minimum absolute atomic E-state index is 0.252. The maximum atomic E-state index is 13.2. The molecule has 140 valence electrons. The van der Waals surface area contributed by atoms with E-state index < -0.39 is 16.1 Å². The number of hydrogen-bond donors (Lipinski definition) is 1. The van der Waals surface area contributed by atoms with Crippen LogP contribution in [0.2, 0.25) is 0 Å². The molecule has 0 radical (unpaired) electrons. The van der Waals surface area contributed by atoms with Crippen LogP contribution in [-0.2, 0) is 14.8 Å². The first-order chi connectivity index (χ1) is 12.1. The molecule has 0 saturated carbocycles. The summed E-state index contributed by atoms with van der Waals surface area (Å²) in [6.45, 7) is 7.37. The van der Waals surface area contributed by atoms with Gasteiger partial charge in [0.15, 0.2) is 0 Å². The lowest BCUT2D eigenvalue weighted by atomic mass is 10.0. The third kappa shape index (κ3) is 3.97. The van der Waals surface area contributed by atoms with Crippen molar-refractivity contribution in [3.8, 4) is 0 Å². The Kier molecular flexibility index (Phi) is 5.88. The Morgan fingerprint density at radius 1 is 0.962 bits per heavy atom. The lowest BCUT2D eigenvalue weighted by molar-refractivity contribution is -0.130. The molecule has 0 aliphatic heterocycles. The van der Waals surface area contributed by atoms with Gasteiger partial charge in [-0.15, -0.1) is 0 Å². The highest BCUT2D eigenvalue weighted by Gasteiger charge is 2.30. The Bertz CT molecular complexity index is 894. The van der Waals surface area contributed by atoms with Crippen LogP contribution in [0.25, 0.3) is 0 Å². The molecule has 0 aliphatic carbocycles. The molecule has 0 aliphatic rings. The number of benzene rings is 2. The number of sulfonamides is 1. The van der Waals surface area contributed by atoms with Gasteiger partial charge in [0.25, 0.3) is 0 Å². The third-order valence-electron chi connectivity index (χ3n) is 4.66.